The summed E-state index contributed by atoms with van der Waals surface area (Å²) < 4.78 is 12.9. The highest BCUT2D eigenvalue weighted by Crippen LogP contribution is 2.33. The molecule has 1 aliphatic rings. The molecule has 1 aromatic heterocycles. The van der Waals surface area contributed by atoms with E-state index in [1.165, 1.54) is 0 Å². The Balaban J connectivity index is 1.46. The SMILES string of the molecule is Cn1cc(C2OCCC2CNCc2ccc(OCC(N)=O)cc2)cn1. The lowest BCUT2D eigenvalue weighted by molar-refractivity contribution is -0.119. The van der Waals surface area contributed by atoms with Gasteiger partial charge in [0.05, 0.1) is 12.3 Å². The average Bonchev–Trinajstić information content (AvgIpc) is 3.22. The molecule has 1 aromatic carbocycles. The minimum absolute atomic E-state index is 0.102. The zero-order chi connectivity index (χ0) is 17.6. The topological polar surface area (TPSA) is 91.4 Å². The third-order valence-corrected chi connectivity index (χ3v) is 4.31. The number of nitrogens with zero attached hydrogens (tertiary/aromatic N) is 2. The second kappa shape index (κ2) is 8.13. The van der Waals surface area contributed by atoms with Gasteiger partial charge in [-0.2, -0.15) is 5.10 Å². The van der Waals surface area contributed by atoms with E-state index < -0.39 is 5.91 Å². The van der Waals surface area contributed by atoms with Crippen LogP contribution in [0.25, 0.3) is 0 Å². The predicted molar refractivity (Wildman–Crippen MR) is 92.8 cm³/mol. The molecule has 0 saturated carbocycles. The Bertz CT molecular complexity index is 699. The lowest BCUT2D eigenvalue weighted by Crippen LogP contribution is -2.24. The van der Waals surface area contributed by atoms with Crippen molar-refractivity contribution in [2.75, 3.05) is 19.8 Å². The molecule has 2 unspecified atom stereocenters. The first-order valence-electron chi connectivity index (χ1n) is 8.43. The number of carbonyl (C=O) groups excluding carboxylic acids is 1. The van der Waals surface area contributed by atoms with Crippen molar-refractivity contribution in [3.05, 3.63) is 47.8 Å². The maximum absolute atomic E-state index is 10.7. The minimum Gasteiger partial charge on any atom is -0.484 e. The Kier molecular flexibility index (Phi) is 5.67. The van der Waals surface area contributed by atoms with Gasteiger partial charge in [-0.05, 0) is 24.1 Å². The fourth-order valence-electron chi connectivity index (χ4n) is 3.06. The second-order valence-corrected chi connectivity index (χ2v) is 6.32. The zero-order valence-electron chi connectivity index (χ0n) is 14.4. The number of carbonyl (C=O) groups is 1. The number of nitrogens with one attached hydrogen (secondary N) is 1. The summed E-state index contributed by atoms with van der Waals surface area (Å²) in [4.78, 5) is 10.7. The van der Waals surface area contributed by atoms with Crippen LogP contribution in [-0.4, -0.2) is 35.4 Å². The van der Waals surface area contributed by atoms with Crippen molar-refractivity contribution in [1.82, 2.24) is 15.1 Å². The molecule has 1 aliphatic heterocycles. The molecule has 0 spiro atoms. The molecule has 0 radical (unpaired) electrons. The van der Waals surface area contributed by atoms with E-state index in [1.807, 2.05) is 48.4 Å². The van der Waals surface area contributed by atoms with Crippen LogP contribution in [0.1, 0.15) is 23.7 Å². The van der Waals surface area contributed by atoms with Gasteiger partial charge < -0.3 is 20.5 Å². The molecule has 3 N–H and O–H groups in total. The molecule has 2 aromatic rings. The van der Waals surface area contributed by atoms with E-state index in [1.54, 1.807) is 0 Å². The Morgan fingerprint density at radius 1 is 1.44 bits per heavy atom. The van der Waals surface area contributed by atoms with E-state index >= 15 is 0 Å². The molecule has 7 heteroatoms. The molecule has 25 heavy (non-hydrogen) atoms. The first-order valence-corrected chi connectivity index (χ1v) is 8.43. The number of primary amides is 1. The molecule has 3 rings (SSSR count). The maximum Gasteiger partial charge on any atom is 0.255 e. The summed E-state index contributed by atoms with van der Waals surface area (Å²) >= 11 is 0. The van der Waals surface area contributed by atoms with Crippen LogP contribution in [-0.2, 0) is 23.1 Å². The standard InChI is InChI=1S/C18H24N4O3/c1-22-11-15(10-21-22)18-14(6-7-24-18)9-20-8-13-2-4-16(5-3-13)25-12-17(19)23/h2-5,10-11,14,18,20H,6-9,12H2,1H3,(H2,19,23). The molecule has 2 heterocycles. The van der Waals surface area contributed by atoms with Gasteiger partial charge in [-0.15, -0.1) is 0 Å². The Hall–Kier alpha value is -2.38. The third kappa shape index (κ3) is 4.80. The van der Waals surface area contributed by atoms with Crippen LogP contribution in [0.15, 0.2) is 36.7 Å². The Morgan fingerprint density at radius 2 is 2.24 bits per heavy atom. The van der Waals surface area contributed by atoms with Crippen molar-refractivity contribution >= 4 is 5.91 Å². The van der Waals surface area contributed by atoms with Gasteiger partial charge >= 0.3 is 0 Å². The highest BCUT2D eigenvalue weighted by atomic mass is 16.5. The molecule has 2 atom stereocenters. The fraction of sp³-hybridized carbons (Fsp3) is 0.444. The largest absolute Gasteiger partial charge is 0.484 e. The van der Waals surface area contributed by atoms with Crippen molar-refractivity contribution in [3.63, 3.8) is 0 Å². The van der Waals surface area contributed by atoms with Crippen molar-refractivity contribution in [3.8, 4) is 5.75 Å². The highest BCUT2D eigenvalue weighted by molar-refractivity contribution is 5.75. The summed E-state index contributed by atoms with van der Waals surface area (Å²) in [5.74, 6) is 0.610. The van der Waals surface area contributed by atoms with Gasteiger partial charge in [0.15, 0.2) is 6.61 Å². The summed E-state index contributed by atoms with van der Waals surface area (Å²) in [5.41, 5.74) is 7.36. The minimum atomic E-state index is -0.479. The molecule has 1 fully saturated rings. The van der Waals surface area contributed by atoms with Crippen molar-refractivity contribution in [2.24, 2.45) is 18.7 Å². The number of amides is 1. The predicted octanol–water partition coefficient (Wildman–Crippen LogP) is 1.15. The van der Waals surface area contributed by atoms with E-state index in [0.29, 0.717) is 11.7 Å². The van der Waals surface area contributed by atoms with Crippen molar-refractivity contribution in [2.45, 2.75) is 19.1 Å². The van der Waals surface area contributed by atoms with Crippen molar-refractivity contribution < 1.29 is 14.3 Å². The van der Waals surface area contributed by atoms with E-state index in [4.69, 9.17) is 15.2 Å². The first-order chi connectivity index (χ1) is 12.1. The van der Waals surface area contributed by atoms with Gasteiger partial charge in [-0.25, -0.2) is 0 Å². The number of hydrogen-bond donors (Lipinski definition) is 2. The number of hydrogen-bond acceptors (Lipinski definition) is 5. The van der Waals surface area contributed by atoms with Gasteiger partial charge in [0.25, 0.3) is 5.91 Å². The molecule has 1 saturated heterocycles. The lowest BCUT2D eigenvalue weighted by Gasteiger charge is -2.18. The smallest absolute Gasteiger partial charge is 0.255 e. The first kappa shape index (κ1) is 17.4. The molecule has 7 nitrogen and oxygen atoms in total. The molecule has 0 aliphatic carbocycles. The van der Waals surface area contributed by atoms with Crippen LogP contribution in [0.3, 0.4) is 0 Å². The lowest BCUT2D eigenvalue weighted by atomic mass is 9.97. The van der Waals surface area contributed by atoms with Crippen molar-refractivity contribution in [1.29, 1.82) is 0 Å². The zero-order valence-corrected chi connectivity index (χ0v) is 14.4. The number of rotatable bonds is 8. The van der Waals surface area contributed by atoms with Gasteiger partial charge in [0, 0.05) is 44.4 Å². The summed E-state index contributed by atoms with van der Waals surface area (Å²) in [7, 11) is 1.92. The van der Waals surface area contributed by atoms with Crippen LogP contribution in [0, 0.1) is 5.92 Å². The molecular formula is C18H24N4O3. The summed E-state index contributed by atoms with van der Waals surface area (Å²) in [6.07, 6.45) is 5.07. The molecule has 0 bridgehead atoms. The quantitative estimate of drug-likeness (QED) is 0.750. The number of ether oxygens (including phenoxy) is 2. The fourth-order valence-corrected chi connectivity index (χ4v) is 3.06. The number of aromatic nitrogens is 2. The second-order valence-electron chi connectivity index (χ2n) is 6.32. The Morgan fingerprint density at radius 3 is 2.92 bits per heavy atom. The number of aryl methyl sites for hydroxylation is 1. The van der Waals surface area contributed by atoms with Gasteiger partial charge in [-0.1, -0.05) is 12.1 Å². The van der Waals surface area contributed by atoms with E-state index in [0.717, 1.165) is 37.2 Å². The van der Waals surface area contributed by atoms with E-state index in [-0.39, 0.29) is 12.7 Å². The van der Waals surface area contributed by atoms with E-state index in [2.05, 4.69) is 10.4 Å². The Labute approximate surface area is 147 Å². The molecule has 134 valence electrons. The van der Waals surface area contributed by atoms with Crippen LogP contribution in [0.4, 0.5) is 0 Å². The van der Waals surface area contributed by atoms with Gasteiger partial charge in [0.1, 0.15) is 5.75 Å². The third-order valence-electron chi connectivity index (χ3n) is 4.31. The molecule has 1 amide bonds. The summed E-state index contributed by atoms with van der Waals surface area (Å²) in [5, 5.41) is 7.73. The highest BCUT2D eigenvalue weighted by Gasteiger charge is 2.30. The molecular weight excluding hydrogens is 320 g/mol. The van der Waals surface area contributed by atoms with Gasteiger partial charge in [-0.3, -0.25) is 9.48 Å². The maximum atomic E-state index is 10.7. The van der Waals surface area contributed by atoms with Crippen LogP contribution < -0.4 is 15.8 Å². The monoisotopic (exact) mass is 344 g/mol. The summed E-state index contributed by atoms with van der Waals surface area (Å²) in [6, 6.07) is 7.65. The van der Waals surface area contributed by atoms with Crippen LogP contribution >= 0.6 is 0 Å². The van der Waals surface area contributed by atoms with E-state index in [9.17, 15) is 4.79 Å². The normalized spacial score (nSPS) is 19.9. The average molecular weight is 344 g/mol. The number of benzene rings is 1. The van der Waals surface area contributed by atoms with Gasteiger partial charge in [0.2, 0.25) is 0 Å². The van der Waals surface area contributed by atoms with Crippen LogP contribution in [0.2, 0.25) is 0 Å². The summed E-state index contributed by atoms with van der Waals surface area (Å²) in [6.45, 7) is 2.35. The van der Waals surface area contributed by atoms with Crippen LogP contribution in [0.5, 0.6) is 5.75 Å². The number of nitrogens with two attached hydrogens (primary N) is 1.